The van der Waals surface area contributed by atoms with Crippen molar-refractivity contribution in [2.24, 2.45) is 12.1 Å². The molecule has 0 aliphatic rings. The van der Waals surface area contributed by atoms with E-state index in [0.29, 0.717) is 16.7 Å². The van der Waals surface area contributed by atoms with Crippen molar-refractivity contribution in [2.75, 3.05) is 0 Å². The van der Waals surface area contributed by atoms with E-state index in [0.717, 1.165) is 16.0 Å². The third-order valence-corrected chi connectivity index (χ3v) is 4.86. The van der Waals surface area contributed by atoms with Crippen molar-refractivity contribution in [2.45, 2.75) is 6.42 Å². The fourth-order valence-electron chi connectivity index (χ4n) is 2.59. The van der Waals surface area contributed by atoms with Crippen LogP contribution < -0.4 is 5.43 Å². The van der Waals surface area contributed by atoms with Gasteiger partial charge in [0, 0.05) is 18.6 Å². The summed E-state index contributed by atoms with van der Waals surface area (Å²) in [4.78, 5) is 21.6. The summed E-state index contributed by atoms with van der Waals surface area (Å²) in [6.07, 6.45) is 3.47. The van der Waals surface area contributed by atoms with Crippen molar-refractivity contribution in [1.29, 1.82) is 0 Å². The van der Waals surface area contributed by atoms with E-state index < -0.39 is 0 Å². The normalized spacial score (nSPS) is 11.8. The molecule has 25 heavy (non-hydrogen) atoms. The first-order chi connectivity index (χ1) is 12.1. The summed E-state index contributed by atoms with van der Waals surface area (Å²) in [5.41, 5.74) is 4.98. The number of para-hydroxylation sites is 2. The van der Waals surface area contributed by atoms with Crippen molar-refractivity contribution in [3.8, 4) is 0 Å². The summed E-state index contributed by atoms with van der Waals surface area (Å²) < 4.78 is 3.72. The minimum Gasteiger partial charge on any atom is -0.331 e. The van der Waals surface area contributed by atoms with Gasteiger partial charge in [0.1, 0.15) is 11.5 Å². The highest BCUT2D eigenvalue weighted by Gasteiger charge is 2.12. The minimum absolute atomic E-state index is 0.135. The fraction of sp³-hybridized carbons (Fsp3) is 0.125. The second-order valence-corrected chi connectivity index (χ2v) is 6.62. The fourth-order valence-corrected chi connectivity index (χ4v) is 3.59. The van der Waals surface area contributed by atoms with Crippen molar-refractivity contribution in [1.82, 2.24) is 24.4 Å². The topological polar surface area (TPSA) is 76.6 Å². The van der Waals surface area contributed by atoms with Gasteiger partial charge >= 0.3 is 0 Å². The predicted octanol–water partition coefficient (Wildman–Crippen LogP) is 2.63. The number of imidazole rings is 2. The molecule has 9 heteroatoms. The van der Waals surface area contributed by atoms with Crippen LogP contribution in [0.3, 0.4) is 0 Å². The molecule has 0 saturated heterocycles. The smallest absolute Gasteiger partial charge is 0.247 e. The van der Waals surface area contributed by atoms with E-state index in [1.807, 2.05) is 51.9 Å². The molecule has 0 spiro atoms. The number of nitrogens with zero attached hydrogens (tertiary/aromatic N) is 5. The quantitative estimate of drug-likeness (QED) is 0.442. The molecule has 4 aromatic rings. The highest BCUT2D eigenvalue weighted by molar-refractivity contribution is 7.15. The molecule has 7 nitrogen and oxygen atoms in total. The molecule has 3 aromatic heterocycles. The van der Waals surface area contributed by atoms with Crippen molar-refractivity contribution >= 4 is 51.1 Å². The maximum absolute atomic E-state index is 12.1. The van der Waals surface area contributed by atoms with Gasteiger partial charge in [-0.05, 0) is 12.1 Å². The molecule has 1 amide bonds. The molecular weight excluding hydrogens is 360 g/mol. The molecule has 0 aliphatic carbocycles. The van der Waals surface area contributed by atoms with Crippen LogP contribution in [0, 0.1) is 0 Å². The van der Waals surface area contributed by atoms with Crippen molar-refractivity contribution in [3.63, 3.8) is 0 Å². The van der Waals surface area contributed by atoms with Crippen LogP contribution in [0.2, 0.25) is 5.15 Å². The summed E-state index contributed by atoms with van der Waals surface area (Å²) in [6.45, 7) is 0. The number of amides is 1. The van der Waals surface area contributed by atoms with Gasteiger partial charge in [-0.3, -0.25) is 9.20 Å². The van der Waals surface area contributed by atoms with E-state index in [4.69, 9.17) is 11.6 Å². The van der Waals surface area contributed by atoms with Gasteiger partial charge < -0.3 is 4.57 Å². The Bertz CT molecular complexity index is 1110. The second-order valence-electron chi connectivity index (χ2n) is 5.39. The third kappa shape index (κ3) is 2.90. The van der Waals surface area contributed by atoms with Gasteiger partial charge in [-0.15, -0.1) is 11.3 Å². The van der Waals surface area contributed by atoms with Crippen LogP contribution in [0.15, 0.2) is 40.9 Å². The number of rotatable bonds is 4. The Hall–Kier alpha value is -2.71. The molecule has 1 aromatic carbocycles. The summed E-state index contributed by atoms with van der Waals surface area (Å²) in [6, 6.07) is 7.75. The third-order valence-electron chi connectivity index (χ3n) is 3.83. The summed E-state index contributed by atoms with van der Waals surface area (Å²) in [7, 11) is 1.89. The highest BCUT2D eigenvalue weighted by atomic mass is 35.5. The molecular formula is C16H13ClN6OS. The number of aryl methyl sites for hydroxylation is 1. The molecule has 0 bridgehead atoms. The van der Waals surface area contributed by atoms with Gasteiger partial charge in [-0.1, -0.05) is 23.7 Å². The predicted molar refractivity (Wildman–Crippen MR) is 98.2 cm³/mol. The van der Waals surface area contributed by atoms with Gasteiger partial charge in [0.25, 0.3) is 0 Å². The van der Waals surface area contributed by atoms with Gasteiger partial charge in [0.15, 0.2) is 10.1 Å². The number of fused-ring (bicyclic) bond motifs is 2. The van der Waals surface area contributed by atoms with Crippen molar-refractivity contribution in [3.05, 3.63) is 52.5 Å². The van der Waals surface area contributed by atoms with Gasteiger partial charge in [0.2, 0.25) is 5.91 Å². The molecule has 0 fully saturated rings. The van der Waals surface area contributed by atoms with Crippen LogP contribution in [0.4, 0.5) is 0 Å². The Morgan fingerprint density at radius 3 is 3.08 bits per heavy atom. The van der Waals surface area contributed by atoms with Crippen LogP contribution in [0.5, 0.6) is 0 Å². The number of carbonyl (C=O) groups excluding carboxylic acids is 1. The average Bonchev–Trinajstić information content (AvgIpc) is 3.24. The first kappa shape index (κ1) is 15.8. The lowest BCUT2D eigenvalue weighted by atomic mass is 10.3. The lowest BCUT2D eigenvalue weighted by Crippen LogP contribution is -2.21. The Labute approximate surface area is 151 Å². The number of aromatic nitrogens is 4. The molecule has 0 atom stereocenters. The number of hydrogen-bond donors (Lipinski definition) is 1. The lowest BCUT2D eigenvalue weighted by Gasteiger charge is -2.01. The maximum Gasteiger partial charge on any atom is 0.247 e. The summed E-state index contributed by atoms with van der Waals surface area (Å²) >= 11 is 7.55. The van der Waals surface area contributed by atoms with E-state index in [9.17, 15) is 4.79 Å². The van der Waals surface area contributed by atoms with E-state index in [-0.39, 0.29) is 12.3 Å². The van der Waals surface area contributed by atoms with E-state index in [1.54, 1.807) is 0 Å². The first-order valence-corrected chi connectivity index (χ1v) is 8.72. The Morgan fingerprint density at radius 2 is 2.24 bits per heavy atom. The lowest BCUT2D eigenvalue weighted by molar-refractivity contribution is -0.120. The second kappa shape index (κ2) is 6.30. The number of nitrogens with one attached hydrogen (secondary N) is 1. The maximum atomic E-state index is 12.1. The monoisotopic (exact) mass is 372 g/mol. The van der Waals surface area contributed by atoms with Gasteiger partial charge in [-0.25, -0.2) is 15.4 Å². The molecule has 126 valence electrons. The van der Waals surface area contributed by atoms with Gasteiger partial charge in [0.05, 0.1) is 23.7 Å². The Balaban J connectivity index is 1.47. The molecule has 1 N–H and O–H groups in total. The number of hydrazone groups is 1. The van der Waals surface area contributed by atoms with Crippen LogP contribution >= 0.6 is 22.9 Å². The number of carbonyl (C=O) groups is 1. The number of halogens is 1. The number of hydrogen-bond acceptors (Lipinski definition) is 5. The van der Waals surface area contributed by atoms with E-state index in [1.165, 1.54) is 17.6 Å². The van der Waals surface area contributed by atoms with Crippen LogP contribution in [-0.2, 0) is 18.3 Å². The zero-order valence-electron chi connectivity index (χ0n) is 13.2. The van der Waals surface area contributed by atoms with E-state index in [2.05, 4.69) is 20.5 Å². The van der Waals surface area contributed by atoms with Crippen LogP contribution in [0.25, 0.3) is 16.0 Å². The van der Waals surface area contributed by atoms with Gasteiger partial charge in [-0.2, -0.15) is 5.10 Å². The minimum atomic E-state index is -0.253. The molecule has 0 unspecified atom stereocenters. The molecule has 0 radical (unpaired) electrons. The zero-order chi connectivity index (χ0) is 17.4. The molecule has 3 heterocycles. The average molecular weight is 373 g/mol. The summed E-state index contributed by atoms with van der Waals surface area (Å²) in [5, 5.41) is 6.23. The van der Waals surface area contributed by atoms with Crippen molar-refractivity contribution < 1.29 is 4.79 Å². The molecule has 0 saturated carbocycles. The van der Waals surface area contributed by atoms with Crippen LogP contribution in [-0.4, -0.2) is 31.1 Å². The summed E-state index contributed by atoms with van der Waals surface area (Å²) in [5.74, 6) is 0.424. The molecule has 4 rings (SSSR count). The number of thiazole rings is 1. The number of benzene rings is 1. The SMILES string of the molecule is Cn1c(CC(=O)N/N=C/c2c(Cl)nc3sccn23)nc2ccccc21. The first-order valence-electron chi connectivity index (χ1n) is 7.47. The largest absolute Gasteiger partial charge is 0.331 e. The van der Waals surface area contributed by atoms with Crippen LogP contribution in [0.1, 0.15) is 11.5 Å². The molecule has 0 aliphatic heterocycles. The Morgan fingerprint density at radius 1 is 1.40 bits per heavy atom. The standard InChI is InChI=1S/C16H13ClN6OS/c1-22-11-5-3-2-4-10(11)19-13(22)8-14(24)21-18-9-12-15(17)20-16-23(12)6-7-25-16/h2-7,9H,8H2,1H3,(H,21,24)/b18-9+. The highest BCUT2D eigenvalue weighted by Crippen LogP contribution is 2.19. The van der Waals surface area contributed by atoms with E-state index >= 15 is 0 Å². The Kier molecular flexibility index (Phi) is 3.98. The zero-order valence-corrected chi connectivity index (χ0v) is 14.8.